The highest BCUT2D eigenvalue weighted by Crippen LogP contribution is 2.28. The maximum Gasteiger partial charge on any atom is 0.220 e. The van der Waals surface area contributed by atoms with Gasteiger partial charge in [0.1, 0.15) is 0 Å². The van der Waals surface area contributed by atoms with E-state index in [0.717, 1.165) is 46.6 Å². The van der Waals surface area contributed by atoms with E-state index in [1.807, 2.05) is 29.6 Å². The normalized spacial score (nSPS) is 15.6. The number of thiophene rings is 1. The highest BCUT2D eigenvalue weighted by Gasteiger charge is 2.24. The van der Waals surface area contributed by atoms with Crippen LogP contribution < -0.4 is 5.32 Å². The monoisotopic (exact) mass is 447 g/mol. The molecule has 4 aromatic rings. The molecule has 166 valence electrons. The second-order valence-electron chi connectivity index (χ2n) is 8.59. The Labute approximate surface area is 192 Å². The second-order valence-corrected chi connectivity index (χ2v) is 9.57. The summed E-state index contributed by atoms with van der Waals surface area (Å²) in [5.41, 5.74) is 4.97. The van der Waals surface area contributed by atoms with Crippen LogP contribution in [0.25, 0.3) is 16.6 Å². The Morgan fingerprint density at radius 2 is 1.97 bits per heavy atom. The molecule has 5 rings (SSSR count). The van der Waals surface area contributed by atoms with Crippen LogP contribution in [0.4, 0.5) is 0 Å². The molecule has 0 radical (unpaired) electrons. The van der Waals surface area contributed by atoms with Gasteiger partial charge in [-0.3, -0.25) is 9.69 Å². The number of aryl methyl sites for hydroxylation is 2. The molecular formula is C25H29N5OS. The first-order valence-electron chi connectivity index (χ1n) is 11.4. The van der Waals surface area contributed by atoms with Crippen molar-refractivity contribution in [1.82, 2.24) is 24.8 Å². The van der Waals surface area contributed by atoms with Crippen molar-refractivity contribution in [2.24, 2.45) is 0 Å². The number of benzene rings is 1. The molecule has 1 atom stereocenters. The van der Waals surface area contributed by atoms with E-state index in [2.05, 4.69) is 40.7 Å². The number of carbonyl (C=O) groups excluding carboxylic acids is 1. The predicted molar refractivity (Wildman–Crippen MR) is 129 cm³/mol. The van der Waals surface area contributed by atoms with E-state index >= 15 is 0 Å². The van der Waals surface area contributed by atoms with E-state index < -0.39 is 0 Å². The van der Waals surface area contributed by atoms with Gasteiger partial charge in [-0.15, -0.1) is 11.3 Å². The van der Waals surface area contributed by atoms with Crippen molar-refractivity contribution in [3.63, 3.8) is 0 Å². The van der Waals surface area contributed by atoms with Gasteiger partial charge >= 0.3 is 0 Å². The summed E-state index contributed by atoms with van der Waals surface area (Å²) in [6.07, 6.45) is 3.60. The molecule has 6 nitrogen and oxygen atoms in total. The van der Waals surface area contributed by atoms with E-state index in [9.17, 15) is 4.79 Å². The third-order valence-corrected chi connectivity index (χ3v) is 7.54. The van der Waals surface area contributed by atoms with Gasteiger partial charge in [0.2, 0.25) is 5.91 Å². The molecule has 0 spiro atoms. The number of hydrogen-bond acceptors (Lipinski definition) is 5. The summed E-state index contributed by atoms with van der Waals surface area (Å²) in [4.78, 5) is 21.4. The van der Waals surface area contributed by atoms with Gasteiger partial charge in [0.05, 0.1) is 11.6 Å². The molecule has 4 heterocycles. The Balaban J connectivity index is 1.28. The molecule has 0 aliphatic carbocycles. The van der Waals surface area contributed by atoms with Crippen molar-refractivity contribution < 1.29 is 4.79 Å². The Morgan fingerprint density at radius 3 is 2.75 bits per heavy atom. The molecule has 1 fully saturated rings. The zero-order valence-corrected chi connectivity index (χ0v) is 19.5. The minimum atomic E-state index is 0.0928. The van der Waals surface area contributed by atoms with E-state index in [-0.39, 0.29) is 11.9 Å². The fourth-order valence-corrected chi connectivity index (χ4v) is 5.68. The Kier molecular flexibility index (Phi) is 5.93. The number of aromatic nitrogens is 3. The van der Waals surface area contributed by atoms with Gasteiger partial charge in [0.25, 0.3) is 0 Å². The number of nitrogens with one attached hydrogen (secondary N) is 1. The molecule has 3 aromatic heterocycles. The Hall–Kier alpha value is -2.77. The summed E-state index contributed by atoms with van der Waals surface area (Å²) < 4.78 is 1.92. The van der Waals surface area contributed by atoms with E-state index in [1.54, 1.807) is 11.3 Å². The van der Waals surface area contributed by atoms with Crippen molar-refractivity contribution in [2.45, 2.75) is 45.6 Å². The molecular weight excluding hydrogens is 418 g/mol. The highest BCUT2D eigenvalue weighted by molar-refractivity contribution is 7.10. The van der Waals surface area contributed by atoms with E-state index in [1.165, 1.54) is 17.7 Å². The van der Waals surface area contributed by atoms with Gasteiger partial charge in [-0.1, -0.05) is 18.2 Å². The summed E-state index contributed by atoms with van der Waals surface area (Å²) in [5.74, 6) is 0.0928. The smallest absolute Gasteiger partial charge is 0.220 e. The van der Waals surface area contributed by atoms with E-state index in [4.69, 9.17) is 10.1 Å². The lowest BCUT2D eigenvalue weighted by Crippen LogP contribution is -2.36. The molecule has 1 N–H and O–H groups in total. The summed E-state index contributed by atoms with van der Waals surface area (Å²) in [6, 6.07) is 12.6. The standard InChI is InChI=1S/C25H29N5OS/c1-17-19(18(2)30-25(27-17)20-8-3-4-9-21(20)28-30)11-12-24(31)26-16-22(23-10-7-15-32-23)29-13-5-6-14-29/h3-4,7-10,15,22H,5-6,11-14,16H2,1-2H3,(H,26,31). The van der Waals surface area contributed by atoms with Gasteiger partial charge in [0, 0.05) is 34.6 Å². The molecule has 1 aliphatic rings. The summed E-state index contributed by atoms with van der Waals surface area (Å²) in [6.45, 7) is 6.99. The van der Waals surface area contributed by atoms with Gasteiger partial charge in [-0.2, -0.15) is 5.10 Å². The van der Waals surface area contributed by atoms with Crippen molar-refractivity contribution in [1.29, 1.82) is 0 Å². The van der Waals surface area contributed by atoms with Crippen LogP contribution in [-0.4, -0.2) is 45.0 Å². The van der Waals surface area contributed by atoms with Crippen LogP contribution in [0.15, 0.2) is 41.8 Å². The average molecular weight is 448 g/mol. The molecule has 1 aliphatic heterocycles. The molecule has 7 heteroatoms. The van der Waals surface area contributed by atoms with Crippen molar-refractivity contribution in [2.75, 3.05) is 19.6 Å². The third kappa shape index (κ3) is 4.02. The molecule has 0 saturated carbocycles. The van der Waals surface area contributed by atoms with Crippen LogP contribution in [0.1, 0.15) is 47.1 Å². The van der Waals surface area contributed by atoms with Gasteiger partial charge in [0.15, 0.2) is 5.65 Å². The summed E-state index contributed by atoms with van der Waals surface area (Å²) >= 11 is 1.78. The maximum absolute atomic E-state index is 12.8. The van der Waals surface area contributed by atoms with Crippen molar-refractivity contribution in [3.05, 3.63) is 63.6 Å². The highest BCUT2D eigenvalue weighted by atomic mass is 32.1. The number of fused-ring (bicyclic) bond motifs is 3. The third-order valence-electron chi connectivity index (χ3n) is 6.57. The number of hydrogen-bond donors (Lipinski definition) is 1. The second kappa shape index (κ2) is 9.00. The lowest BCUT2D eigenvalue weighted by molar-refractivity contribution is -0.121. The SMILES string of the molecule is Cc1nc2c3ccccc3nn2c(C)c1CCC(=O)NCC(c1cccs1)N1CCCC1. The Morgan fingerprint density at radius 1 is 1.16 bits per heavy atom. The molecule has 32 heavy (non-hydrogen) atoms. The van der Waals surface area contributed by atoms with Crippen LogP contribution in [0.5, 0.6) is 0 Å². The fourth-order valence-electron chi connectivity index (χ4n) is 4.82. The zero-order chi connectivity index (χ0) is 22.1. The predicted octanol–water partition coefficient (Wildman–Crippen LogP) is 4.45. The summed E-state index contributed by atoms with van der Waals surface area (Å²) in [5, 5.41) is 11.1. The van der Waals surface area contributed by atoms with Crippen molar-refractivity contribution >= 4 is 33.8 Å². The average Bonchev–Trinajstić information content (AvgIpc) is 3.56. The first kappa shape index (κ1) is 21.1. The van der Waals surface area contributed by atoms with Crippen LogP contribution in [0.3, 0.4) is 0 Å². The van der Waals surface area contributed by atoms with Crippen LogP contribution in [0, 0.1) is 13.8 Å². The fraction of sp³-hybridized carbons (Fsp3) is 0.400. The maximum atomic E-state index is 12.8. The van der Waals surface area contributed by atoms with Crippen LogP contribution >= 0.6 is 11.3 Å². The van der Waals surface area contributed by atoms with Crippen LogP contribution in [0.2, 0.25) is 0 Å². The number of nitrogens with zero attached hydrogens (tertiary/aromatic N) is 4. The van der Waals surface area contributed by atoms with Gasteiger partial charge in [-0.25, -0.2) is 9.50 Å². The largest absolute Gasteiger partial charge is 0.354 e. The van der Waals surface area contributed by atoms with Gasteiger partial charge in [-0.05, 0) is 75.3 Å². The molecule has 1 saturated heterocycles. The minimum absolute atomic E-state index is 0.0928. The lowest BCUT2D eigenvalue weighted by Gasteiger charge is -2.27. The molecule has 1 unspecified atom stereocenters. The number of carbonyl (C=O) groups is 1. The number of amides is 1. The quantitative estimate of drug-likeness (QED) is 0.455. The summed E-state index contributed by atoms with van der Waals surface area (Å²) in [7, 11) is 0. The molecule has 1 amide bonds. The van der Waals surface area contributed by atoms with E-state index in [0.29, 0.717) is 19.4 Å². The minimum Gasteiger partial charge on any atom is -0.354 e. The van der Waals surface area contributed by atoms with Gasteiger partial charge < -0.3 is 5.32 Å². The van der Waals surface area contributed by atoms with Crippen molar-refractivity contribution in [3.8, 4) is 0 Å². The topological polar surface area (TPSA) is 62.5 Å². The first-order valence-corrected chi connectivity index (χ1v) is 12.3. The molecule has 1 aromatic carbocycles. The number of rotatable bonds is 7. The van der Waals surface area contributed by atoms with Crippen LogP contribution in [-0.2, 0) is 11.2 Å². The zero-order valence-electron chi connectivity index (χ0n) is 18.7. The first-order chi connectivity index (χ1) is 15.6. The molecule has 0 bridgehead atoms. The Bertz CT molecular complexity index is 1240. The lowest BCUT2D eigenvalue weighted by atomic mass is 10.1. The number of likely N-dealkylation sites (tertiary alicyclic amines) is 1.